The molecule has 0 radical (unpaired) electrons. The summed E-state index contributed by atoms with van der Waals surface area (Å²) in [5.41, 5.74) is 0. The van der Waals surface area contributed by atoms with Crippen molar-refractivity contribution in [2.75, 3.05) is 31.3 Å². The van der Waals surface area contributed by atoms with Crippen LogP contribution in [0.3, 0.4) is 0 Å². The summed E-state index contributed by atoms with van der Waals surface area (Å²) in [5.74, 6) is -0.126. The normalized spacial score (nSPS) is 19.0. The Morgan fingerprint density at radius 3 is 2.72 bits per heavy atom. The van der Waals surface area contributed by atoms with Gasteiger partial charge in [-0.2, -0.15) is 0 Å². The van der Waals surface area contributed by atoms with Gasteiger partial charge in [0.25, 0.3) is 0 Å². The molecular formula is C11H20N2O4S. The van der Waals surface area contributed by atoms with Gasteiger partial charge in [-0.1, -0.05) is 13.3 Å². The van der Waals surface area contributed by atoms with Gasteiger partial charge in [0.15, 0.2) is 0 Å². The van der Waals surface area contributed by atoms with E-state index >= 15 is 0 Å². The molecule has 0 bridgehead atoms. The average Bonchev–Trinajstić information content (AvgIpc) is 2.82. The van der Waals surface area contributed by atoms with E-state index in [1.54, 1.807) is 0 Å². The Labute approximate surface area is 111 Å². The van der Waals surface area contributed by atoms with Gasteiger partial charge in [0.1, 0.15) is 6.04 Å². The predicted molar refractivity (Wildman–Crippen MR) is 69.6 cm³/mol. The standard InChI is InChI=1S/C11H20N2O4S/c1-2-3-4-12(5-6-14)11(17)13-8-18-7-9(13)10(15)16/h9,14H,2-8H2,1H3,(H,15,16). The number of carbonyl (C=O) groups excluding carboxylic acids is 1. The number of nitrogens with zero attached hydrogens (tertiary/aromatic N) is 2. The van der Waals surface area contributed by atoms with Crippen LogP contribution in [0.25, 0.3) is 0 Å². The first-order valence-electron chi connectivity index (χ1n) is 6.08. The van der Waals surface area contributed by atoms with Crippen LogP contribution in [-0.2, 0) is 4.79 Å². The fraction of sp³-hybridized carbons (Fsp3) is 0.818. The number of thioether (sulfide) groups is 1. The molecule has 104 valence electrons. The highest BCUT2D eigenvalue weighted by Gasteiger charge is 2.36. The van der Waals surface area contributed by atoms with Crippen LogP contribution in [0, 0.1) is 0 Å². The summed E-state index contributed by atoms with van der Waals surface area (Å²) in [4.78, 5) is 26.2. The summed E-state index contributed by atoms with van der Waals surface area (Å²) in [5, 5.41) is 18.0. The minimum Gasteiger partial charge on any atom is -0.480 e. The lowest BCUT2D eigenvalue weighted by Gasteiger charge is -2.29. The molecule has 0 spiro atoms. The fourth-order valence-corrected chi connectivity index (χ4v) is 2.93. The Kier molecular flexibility index (Phi) is 6.28. The summed E-state index contributed by atoms with van der Waals surface area (Å²) < 4.78 is 0. The van der Waals surface area contributed by atoms with Crippen molar-refractivity contribution in [2.24, 2.45) is 0 Å². The first-order chi connectivity index (χ1) is 8.61. The Hall–Kier alpha value is -0.950. The first-order valence-corrected chi connectivity index (χ1v) is 7.24. The number of amides is 2. The van der Waals surface area contributed by atoms with Crippen LogP contribution in [0.15, 0.2) is 0 Å². The van der Waals surface area contributed by atoms with Crippen LogP contribution in [0.2, 0.25) is 0 Å². The number of hydrogen-bond donors (Lipinski definition) is 2. The van der Waals surface area contributed by atoms with Gasteiger partial charge in [0, 0.05) is 18.8 Å². The molecule has 18 heavy (non-hydrogen) atoms. The lowest BCUT2D eigenvalue weighted by Crippen LogP contribution is -2.49. The van der Waals surface area contributed by atoms with E-state index in [0.29, 0.717) is 18.2 Å². The van der Waals surface area contributed by atoms with E-state index in [4.69, 9.17) is 10.2 Å². The molecule has 1 heterocycles. The second-order valence-electron chi connectivity index (χ2n) is 4.17. The van der Waals surface area contributed by atoms with Crippen LogP contribution in [0.1, 0.15) is 19.8 Å². The third-order valence-electron chi connectivity index (χ3n) is 2.84. The molecule has 7 heteroatoms. The fourth-order valence-electron chi connectivity index (χ4n) is 1.79. The van der Waals surface area contributed by atoms with Crippen LogP contribution < -0.4 is 0 Å². The van der Waals surface area contributed by atoms with Crippen molar-refractivity contribution in [3.8, 4) is 0 Å². The lowest BCUT2D eigenvalue weighted by atomic mass is 10.3. The third-order valence-corrected chi connectivity index (χ3v) is 3.85. The maximum Gasteiger partial charge on any atom is 0.327 e. The number of urea groups is 1. The van der Waals surface area contributed by atoms with Crippen molar-refractivity contribution in [1.82, 2.24) is 9.80 Å². The first kappa shape index (κ1) is 15.1. The number of unbranched alkanes of at least 4 members (excludes halogenated alkanes) is 1. The SMILES string of the molecule is CCCCN(CCO)C(=O)N1CSCC1C(=O)O. The monoisotopic (exact) mass is 276 g/mol. The zero-order chi connectivity index (χ0) is 13.5. The minimum absolute atomic E-state index is 0.103. The van der Waals surface area contributed by atoms with Crippen molar-refractivity contribution >= 4 is 23.8 Å². The lowest BCUT2D eigenvalue weighted by molar-refractivity contribution is -0.140. The molecule has 0 aromatic heterocycles. The molecule has 2 amide bonds. The zero-order valence-corrected chi connectivity index (χ0v) is 11.4. The Bertz CT molecular complexity index is 301. The number of aliphatic hydroxyl groups excluding tert-OH is 1. The highest BCUT2D eigenvalue weighted by molar-refractivity contribution is 7.99. The minimum atomic E-state index is -0.965. The molecule has 1 saturated heterocycles. The van der Waals surface area contributed by atoms with Crippen LogP contribution in [0.5, 0.6) is 0 Å². The molecule has 1 aliphatic rings. The molecule has 1 fully saturated rings. The van der Waals surface area contributed by atoms with Gasteiger partial charge in [-0.05, 0) is 6.42 Å². The highest BCUT2D eigenvalue weighted by Crippen LogP contribution is 2.22. The second-order valence-corrected chi connectivity index (χ2v) is 5.17. The van der Waals surface area contributed by atoms with Crippen molar-refractivity contribution in [3.63, 3.8) is 0 Å². The van der Waals surface area contributed by atoms with Gasteiger partial charge in [-0.15, -0.1) is 11.8 Å². The third kappa shape index (κ3) is 3.78. The second kappa shape index (κ2) is 7.48. The predicted octanol–water partition coefficient (Wildman–Crippen LogP) is 0.660. The Morgan fingerprint density at radius 2 is 2.17 bits per heavy atom. The van der Waals surface area contributed by atoms with E-state index in [0.717, 1.165) is 12.8 Å². The number of carboxylic acid groups (broad SMARTS) is 1. The van der Waals surface area contributed by atoms with Gasteiger partial charge >= 0.3 is 12.0 Å². The summed E-state index contributed by atoms with van der Waals surface area (Å²) in [6, 6.07) is -1.03. The number of rotatable bonds is 6. The van der Waals surface area contributed by atoms with Gasteiger partial charge in [-0.3, -0.25) is 0 Å². The van der Waals surface area contributed by atoms with Gasteiger partial charge in [-0.25, -0.2) is 9.59 Å². The molecule has 1 rings (SSSR count). The number of hydrogen-bond acceptors (Lipinski definition) is 4. The van der Waals surface area contributed by atoms with E-state index in [1.807, 2.05) is 6.92 Å². The average molecular weight is 276 g/mol. The summed E-state index contributed by atoms with van der Waals surface area (Å²) >= 11 is 1.44. The molecule has 1 aliphatic heterocycles. The van der Waals surface area contributed by atoms with Crippen molar-refractivity contribution < 1.29 is 19.8 Å². The van der Waals surface area contributed by atoms with Crippen LogP contribution in [0.4, 0.5) is 4.79 Å². The van der Waals surface area contributed by atoms with E-state index in [1.165, 1.54) is 21.6 Å². The zero-order valence-electron chi connectivity index (χ0n) is 10.5. The van der Waals surface area contributed by atoms with E-state index in [2.05, 4.69) is 0 Å². The molecule has 0 aliphatic carbocycles. The van der Waals surface area contributed by atoms with E-state index < -0.39 is 12.0 Å². The molecule has 0 aromatic carbocycles. The highest BCUT2D eigenvalue weighted by atomic mass is 32.2. The summed E-state index contributed by atoms with van der Waals surface area (Å²) in [6.45, 7) is 2.73. The van der Waals surface area contributed by atoms with Gasteiger partial charge in [0.05, 0.1) is 12.5 Å². The molecule has 1 unspecified atom stereocenters. The molecule has 0 saturated carbocycles. The molecule has 6 nitrogen and oxygen atoms in total. The Morgan fingerprint density at radius 1 is 1.44 bits per heavy atom. The van der Waals surface area contributed by atoms with Crippen molar-refractivity contribution in [1.29, 1.82) is 0 Å². The summed E-state index contributed by atoms with van der Waals surface area (Å²) in [7, 11) is 0. The number of aliphatic carboxylic acids is 1. The number of carboxylic acids is 1. The van der Waals surface area contributed by atoms with Crippen molar-refractivity contribution in [3.05, 3.63) is 0 Å². The summed E-state index contributed by atoms with van der Waals surface area (Å²) in [6.07, 6.45) is 1.80. The van der Waals surface area contributed by atoms with Crippen LogP contribution >= 0.6 is 11.8 Å². The number of carbonyl (C=O) groups is 2. The van der Waals surface area contributed by atoms with Crippen LogP contribution in [-0.4, -0.2) is 69.4 Å². The van der Waals surface area contributed by atoms with E-state index in [-0.39, 0.29) is 19.2 Å². The molecule has 0 aromatic rings. The van der Waals surface area contributed by atoms with E-state index in [9.17, 15) is 9.59 Å². The number of aliphatic hydroxyl groups is 1. The quantitative estimate of drug-likeness (QED) is 0.745. The van der Waals surface area contributed by atoms with Crippen molar-refractivity contribution in [2.45, 2.75) is 25.8 Å². The maximum atomic E-state index is 12.2. The smallest absolute Gasteiger partial charge is 0.327 e. The Balaban J connectivity index is 2.65. The largest absolute Gasteiger partial charge is 0.480 e. The van der Waals surface area contributed by atoms with Gasteiger partial charge < -0.3 is 20.0 Å². The van der Waals surface area contributed by atoms with Gasteiger partial charge in [0.2, 0.25) is 0 Å². The molecule has 1 atom stereocenters. The molecular weight excluding hydrogens is 256 g/mol. The molecule has 2 N–H and O–H groups in total. The maximum absolute atomic E-state index is 12.2. The topological polar surface area (TPSA) is 81.1 Å².